The van der Waals surface area contributed by atoms with E-state index in [1.165, 1.54) is 24.0 Å². The van der Waals surface area contributed by atoms with Crippen LogP contribution in [0.1, 0.15) is 30.9 Å². The number of benzene rings is 1. The molecule has 2 aliphatic rings. The monoisotopic (exact) mass is 325 g/mol. The molecule has 0 N–H and O–H groups in total. The Morgan fingerprint density at radius 2 is 1.96 bits per heavy atom. The molecular formula is C19H23N3O2. The van der Waals surface area contributed by atoms with Crippen LogP contribution < -0.4 is 9.47 Å². The molecule has 0 saturated carbocycles. The van der Waals surface area contributed by atoms with E-state index in [0.29, 0.717) is 6.79 Å². The van der Waals surface area contributed by atoms with E-state index in [4.69, 9.17) is 9.47 Å². The lowest BCUT2D eigenvalue weighted by Crippen LogP contribution is -2.42. The van der Waals surface area contributed by atoms with Gasteiger partial charge in [-0.3, -0.25) is 4.90 Å². The summed E-state index contributed by atoms with van der Waals surface area (Å²) in [5.74, 6) is 1.74. The van der Waals surface area contributed by atoms with Crippen LogP contribution in [0.4, 0.5) is 0 Å². The van der Waals surface area contributed by atoms with Crippen LogP contribution in [0.15, 0.2) is 36.9 Å². The third kappa shape index (κ3) is 3.36. The summed E-state index contributed by atoms with van der Waals surface area (Å²) in [6, 6.07) is 6.34. The highest BCUT2D eigenvalue weighted by atomic mass is 16.7. The highest BCUT2D eigenvalue weighted by Gasteiger charge is 2.31. The summed E-state index contributed by atoms with van der Waals surface area (Å²) in [7, 11) is 0. The second-order valence-corrected chi connectivity index (χ2v) is 7.24. The lowest BCUT2D eigenvalue weighted by molar-refractivity contribution is 0.0968. The van der Waals surface area contributed by atoms with Gasteiger partial charge in [0.05, 0.1) is 0 Å². The standard InChI is InChI=1S/C19H23N3O2/c1-19(8-15-3-4-17-18(7-15)24-14-23-17)5-2-6-22(12-19)11-16-9-20-13-21-10-16/h3-4,7,9-10,13H,2,5-6,8,11-12,14H2,1H3/t19-/m0/s1. The Morgan fingerprint density at radius 3 is 2.83 bits per heavy atom. The van der Waals surface area contributed by atoms with Gasteiger partial charge in [-0.15, -0.1) is 0 Å². The summed E-state index contributed by atoms with van der Waals surface area (Å²) in [5, 5.41) is 0. The summed E-state index contributed by atoms with van der Waals surface area (Å²) >= 11 is 0. The number of rotatable bonds is 4. The third-order valence-electron chi connectivity index (χ3n) is 4.95. The molecule has 5 nitrogen and oxygen atoms in total. The molecule has 0 bridgehead atoms. The van der Waals surface area contributed by atoms with E-state index in [9.17, 15) is 0 Å². The van der Waals surface area contributed by atoms with E-state index >= 15 is 0 Å². The topological polar surface area (TPSA) is 47.5 Å². The van der Waals surface area contributed by atoms with Crippen LogP contribution in [0.5, 0.6) is 11.5 Å². The molecule has 1 fully saturated rings. The van der Waals surface area contributed by atoms with E-state index in [1.54, 1.807) is 6.33 Å². The molecular weight excluding hydrogens is 302 g/mol. The molecule has 126 valence electrons. The Balaban J connectivity index is 1.44. The van der Waals surface area contributed by atoms with E-state index in [1.807, 2.05) is 18.5 Å². The lowest BCUT2D eigenvalue weighted by Gasteiger charge is -2.40. The van der Waals surface area contributed by atoms with Crippen LogP contribution in [0.3, 0.4) is 0 Å². The number of likely N-dealkylation sites (tertiary alicyclic amines) is 1. The summed E-state index contributed by atoms with van der Waals surface area (Å²) in [5.41, 5.74) is 2.79. The van der Waals surface area contributed by atoms with Crippen molar-refractivity contribution in [2.75, 3.05) is 19.9 Å². The van der Waals surface area contributed by atoms with Gasteiger partial charge < -0.3 is 9.47 Å². The van der Waals surface area contributed by atoms with Crippen molar-refractivity contribution in [3.8, 4) is 11.5 Å². The maximum Gasteiger partial charge on any atom is 0.231 e. The largest absolute Gasteiger partial charge is 0.454 e. The van der Waals surface area contributed by atoms with Crippen LogP contribution in [0, 0.1) is 5.41 Å². The lowest BCUT2D eigenvalue weighted by atomic mass is 9.77. The van der Waals surface area contributed by atoms with Gasteiger partial charge in [0.2, 0.25) is 6.79 Å². The van der Waals surface area contributed by atoms with Crippen molar-refractivity contribution < 1.29 is 9.47 Å². The first-order valence-corrected chi connectivity index (χ1v) is 8.55. The zero-order valence-corrected chi connectivity index (χ0v) is 14.1. The second kappa shape index (κ2) is 6.40. The average molecular weight is 325 g/mol. The molecule has 1 aromatic carbocycles. The van der Waals surface area contributed by atoms with Crippen molar-refractivity contribution in [3.05, 3.63) is 48.0 Å². The number of hydrogen-bond donors (Lipinski definition) is 0. The van der Waals surface area contributed by atoms with E-state index in [0.717, 1.165) is 37.6 Å². The molecule has 5 heteroatoms. The van der Waals surface area contributed by atoms with Crippen molar-refractivity contribution in [2.24, 2.45) is 5.41 Å². The summed E-state index contributed by atoms with van der Waals surface area (Å²) < 4.78 is 10.9. The molecule has 1 saturated heterocycles. The van der Waals surface area contributed by atoms with Gasteiger partial charge >= 0.3 is 0 Å². The quantitative estimate of drug-likeness (QED) is 0.865. The SMILES string of the molecule is C[C@@]1(Cc2ccc3c(c2)OCO3)CCCN(Cc2cncnc2)C1. The van der Waals surface area contributed by atoms with Crippen molar-refractivity contribution in [3.63, 3.8) is 0 Å². The van der Waals surface area contributed by atoms with Gasteiger partial charge in [-0.05, 0) is 48.9 Å². The van der Waals surface area contributed by atoms with E-state index in [-0.39, 0.29) is 5.41 Å². The molecule has 0 amide bonds. The van der Waals surface area contributed by atoms with Gasteiger partial charge in [-0.25, -0.2) is 9.97 Å². The Morgan fingerprint density at radius 1 is 1.12 bits per heavy atom. The fraction of sp³-hybridized carbons (Fsp3) is 0.474. The van der Waals surface area contributed by atoms with Crippen LogP contribution in [0.2, 0.25) is 0 Å². The number of hydrogen-bond acceptors (Lipinski definition) is 5. The average Bonchev–Trinajstić information content (AvgIpc) is 3.03. The maximum absolute atomic E-state index is 5.51. The second-order valence-electron chi connectivity index (χ2n) is 7.24. The summed E-state index contributed by atoms with van der Waals surface area (Å²) in [6.07, 6.45) is 8.96. The summed E-state index contributed by atoms with van der Waals surface area (Å²) in [6.45, 7) is 5.90. The van der Waals surface area contributed by atoms with Crippen LogP contribution >= 0.6 is 0 Å². The van der Waals surface area contributed by atoms with Crippen molar-refractivity contribution in [1.29, 1.82) is 0 Å². The highest BCUT2D eigenvalue weighted by molar-refractivity contribution is 5.44. The molecule has 0 aliphatic carbocycles. The van der Waals surface area contributed by atoms with Crippen molar-refractivity contribution >= 4 is 0 Å². The Kier molecular flexibility index (Phi) is 4.10. The number of ether oxygens (including phenoxy) is 2. The zero-order chi connectivity index (χ0) is 16.4. The molecule has 1 aromatic heterocycles. The molecule has 4 rings (SSSR count). The summed E-state index contributed by atoms with van der Waals surface area (Å²) in [4.78, 5) is 10.8. The Bertz CT molecular complexity index is 707. The smallest absolute Gasteiger partial charge is 0.231 e. The first-order valence-electron chi connectivity index (χ1n) is 8.55. The zero-order valence-electron chi connectivity index (χ0n) is 14.1. The van der Waals surface area contributed by atoms with Gasteiger partial charge in [0.25, 0.3) is 0 Å². The van der Waals surface area contributed by atoms with Crippen molar-refractivity contribution in [1.82, 2.24) is 14.9 Å². The highest BCUT2D eigenvalue weighted by Crippen LogP contribution is 2.37. The normalized spacial score (nSPS) is 23.4. The molecule has 2 aliphatic heterocycles. The first kappa shape index (κ1) is 15.4. The van der Waals surface area contributed by atoms with E-state index in [2.05, 4.69) is 33.9 Å². The van der Waals surface area contributed by atoms with Gasteiger partial charge in [-0.1, -0.05) is 13.0 Å². The molecule has 3 heterocycles. The van der Waals surface area contributed by atoms with Crippen LogP contribution in [-0.4, -0.2) is 34.8 Å². The minimum atomic E-state index is 0.279. The van der Waals surface area contributed by atoms with Gasteiger partial charge in [-0.2, -0.15) is 0 Å². The minimum absolute atomic E-state index is 0.279. The predicted octanol–water partition coefficient (Wildman–Crippen LogP) is 3.05. The van der Waals surface area contributed by atoms with Crippen LogP contribution in [-0.2, 0) is 13.0 Å². The molecule has 0 radical (unpaired) electrons. The molecule has 24 heavy (non-hydrogen) atoms. The fourth-order valence-corrected chi connectivity index (χ4v) is 3.92. The van der Waals surface area contributed by atoms with E-state index < -0.39 is 0 Å². The maximum atomic E-state index is 5.51. The Labute approximate surface area is 142 Å². The van der Waals surface area contributed by atoms with Gasteiger partial charge in [0.15, 0.2) is 11.5 Å². The number of nitrogens with zero attached hydrogens (tertiary/aromatic N) is 3. The van der Waals surface area contributed by atoms with Gasteiger partial charge in [0, 0.05) is 31.0 Å². The van der Waals surface area contributed by atoms with Gasteiger partial charge in [0.1, 0.15) is 6.33 Å². The van der Waals surface area contributed by atoms with Crippen LogP contribution in [0.25, 0.3) is 0 Å². The fourth-order valence-electron chi connectivity index (χ4n) is 3.92. The third-order valence-corrected chi connectivity index (χ3v) is 4.95. The van der Waals surface area contributed by atoms with Crippen molar-refractivity contribution in [2.45, 2.75) is 32.7 Å². The molecule has 0 unspecified atom stereocenters. The number of piperidine rings is 1. The number of aromatic nitrogens is 2. The first-order chi connectivity index (χ1) is 11.7. The minimum Gasteiger partial charge on any atom is -0.454 e. The molecule has 0 spiro atoms. The number of fused-ring (bicyclic) bond motifs is 1. The predicted molar refractivity (Wildman–Crippen MR) is 90.9 cm³/mol. The molecule has 1 atom stereocenters. The molecule has 2 aromatic rings. The Hall–Kier alpha value is -2.14.